The average Bonchev–Trinajstić information content (AvgIpc) is 3.14. The Bertz CT molecular complexity index is 599. The summed E-state index contributed by atoms with van der Waals surface area (Å²) in [6, 6.07) is 3.49. The van der Waals surface area contributed by atoms with Crippen LogP contribution in [0.25, 0.3) is 11.6 Å². The fourth-order valence-electron chi connectivity index (χ4n) is 1.71. The molecule has 0 aromatic carbocycles. The Morgan fingerprint density at radius 2 is 2.41 bits per heavy atom. The van der Waals surface area contributed by atoms with Gasteiger partial charge in [-0.3, -0.25) is 4.79 Å². The Hall–Kier alpha value is -2.00. The molecule has 0 spiro atoms. The molecule has 0 aliphatic heterocycles. The van der Waals surface area contributed by atoms with E-state index in [0.29, 0.717) is 29.9 Å². The van der Waals surface area contributed by atoms with Crippen LogP contribution in [0.15, 0.2) is 28.0 Å². The van der Waals surface area contributed by atoms with Gasteiger partial charge < -0.3 is 20.3 Å². The molecule has 0 aliphatic rings. The number of methoxy groups -OCH3 is 1. The summed E-state index contributed by atoms with van der Waals surface area (Å²) >= 11 is 1.24. The fourth-order valence-corrected chi connectivity index (χ4v) is 2.51. The first-order valence-corrected chi connectivity index (χ1v) is 7.69. The van der Waals surface area contributed by atoms with Crippen LogP contribution >= 0.6 is 11.8 Å². The molecule has 0 fully saturated rings. The molecule has 0 saturated heterocycles. The third-order valence-corrected chi connectivity index (χ3v) is 3.94. The van der Waals surface area contributed by atoms with Crippen LogP contribution in [-0.2, 0) is 9.53 Å². The molecule has 8 nitrogen and oxygen atoms in total. The molecule has 0 aliphatic carbocycles. The van der Waals surface area contributed by atoms with Crippen LogP contribution in [-0.4, -0.2) is 46.3 Å². The lowest BCUT2D eigenvalue weighted by molar-refractivity contribution is -0.120. The fraction of sp³-hybridized carbons (Fsp3) is 0.462. The maximum Gasteiger partial charge on any atom is 0.233 e. The zero-order chi connectivity index (χ0) is 15.9. The number of rotatable bonds is 8. The minimum atomic E-state index is -0.335. The van der Waals surface area contributed by atoms with Crippen LogP contribution < -0.4 is 11.2 Å². The van der Waals surface area contributed by atoms with Gasteiger partial charge in [0.1, 0.15) is 0 Å². The van der Waals surface area contributed by atoms with Gasteiger partial charge in [0.25, 0.3) is 0 Å². The summed E-state index contributed by atoms with van der Waals surface area (Å²) in [6.45, 7) is 2.98. The van der Waals surface area contributed by atoms with E-state index >= 15 is 0 Å². The standard InChI is InChI=1S/C13H19N5O3S/c1-9(12(19)15-6-4-7-20-2)22-13-17-16-11(18(13)14)10-5-3-8-21-10/h3,5,8-9H,4,6-7,14H2,1-2H3,(H,15,19). The van der Waals surface area contributed by atoms with E-state index in [0.717, 1.165) is 6.42 Å². The topological polar surface area (TPSA) is 108 Å². The predicted octanol–water partition coefficient (Wildman–Crippen LogP) is 0.885. The van der Waals surface area contributed by atoms with Crippen molar-refractivity contribution in [1.29, 1.82) is 0 Å². The lowest BCUT2D eigenvalue weighted by Gasteiger charge is -2.11. The lowest BCUT2D eigenvalue weighted by Crippen LogP contribution is -2.32. The number of ether oxygens (including phenoxy) is 1. The SMILES string of the molecule is COCCCNC(=O)C(C)Sc1nnc(-c2ccco2)n1N. The summed E-state index contributed by atoms with van der Waals surface area (Å²) in [4.78, 5) is 12.0. The number of nitrogens with zero attached hydrogens (tertiary/aromatic N) is 3. The number of hydrogen-bond acceptors (Lipinski definition) is 7. The molecule has 1 atom stereocenters. The van der Waals surface area contributed by atoms with Gasteiger partial charge >= 0.3 is 0 Å². The first-order chi connectivity index (χ1) is 10.6. The molecule has 120 valence electrons. The summed E-state index contributed by atoms with van der Waals surface area (Å²) < 4.78 is 11.5. The number of nitrogens with two attached hydrogens (primary N) is 1. The second-order valence-corrected chi connectivity index (χ2v) is 5.86. The first-order valence-electron chi connectivity index (χ1n) is 6.81. The van der Waals surface area contributed by atoms with E-state index in [9.17, 15) is 4.79 Å². The lowest BCUT2D eigenvalue weighted by atomic mass is 10.4. The number of furan rings is 1. The van der Waals surface area contributed by atoms with Gasteiger partial charge in [0, 0.05) is 20.3 Å². The van der Waals surface area contributed by atoms with Crippen molar-refractivity contribution < 1.29 is 13.9 Å². The Kier molecular flexibility index (Phi) is 5.84. The molecule has 3 N–H and O–H groups in total. The van der Waals surface area contributed by atoms with Gasteiger partial charge in [0.05, 0.1) is 11.5 Å². The van der Waals surface area contributed by atoms with E-state index in [1.165, 1.54) is 22.7 Å². The molecule has 2 heterocycles. The largest absolute Gasteiger partial charge is 0.461 e. The zero-order valence-corrected chi connectivity index (χ0v) is 13.3. The third-order valence-electron chi connectivity index (χ3n) is 2.88. The summed E-state index contributed by atoms with van der Waals surface area (Å²) in [5.41, 5.74) is 0. The predicted molar refractivity (Wildman–Crippen MR) is 82.7 cm³/mol. The molecule has 1 amide bonds. The second kappa shape index (κ2) is 7.85. The highest BCUT2D eigenvalue weighted by Crippen LogP contribution is 2.24. The number of carbonyl (C=O) groups is 1. The first kappa shape index (κ1) is 16.4. The number of hydrogen-bond donors (Lipinski definition) is 2. The molecule has 0 radical (unpaired) electrons. The van der Waals surface area contributed by atoms with E-state index < -0.39 is 0 Å². The summed E-state index contributed by atoms with van der Waals surface area (Å²) in [5.74, 6) is 6.81. The molecule has 2 aromatic heterocycles. The maximum atomic E-state index is 12.0. The van der Waals surface area contributed by atoms with Crippen LogP contribution in [0.5, 0.6) is 0 Å². The molecule has 0 bridgehead atoms. The highest BCUT2D eigenvalue weighted by molar-refractivity contribution is 8.00. The molecule has 0 saturated carbocycles. The number of aromatic nitrogens is 3. The van der Waals surface area contributed by atoms with Crippen molar-refractivity contribution in [2.75, 3.05) is 26.1 Å². The van der Waals surface area contributed by atoms with Crippen molar-refractivity contribution in [2.45, 2.75) is 23.8 Å². The van der Waals surface area contributed by atoms with Crippen LogP contribution in [0.4, 0.5) is 0 Å². The van der Waals surface area contributed by atoms with Gasteiger partial charge in [0.15, 0.2) is 5.76 Å². The van der Waals surface area contributed by atoms with Crippen LogP contribution in [0.3, 0.4) is 0 Å². The average molecular weight is 325 g/mol. The van der Waals surface area contributed by atoms with Gasteiger partial charge in [-0.15, -0.1) is 10.2 Å². The minimum Gasteiger partial charge on any atom is -0.461 e. The molecule has 9 heteroatoms. The monoisotopic (exact) mass is 325 g/mol. The zero-order valence-electron chi connectivity index (χ0n) is 12.5. The van der Waals surface area contributed by atoms with Gasteiger partial charge in [0.2, 0.25) is 16.9 Å². The Balaban J connectivity index is 1.92. The molecule has 1 unspecified atom stereocenters. The number of thioether (sulfide) groups is 1. The molecular formula is C13H19N5O3S. The smallest absolute Gasteiger partial charge is 0.233 e. The van der Waals surface area contributed by atoms with Gasteiger partial charge in [-0.2, -0.15) is 0 Å². The van der Waals surface area contributed by atoms with E-state index in [1.54, 1.807) is 26.2 Å². The summed E-state index contributed by atoms with van der Waals surface area (Å²) in [5, 5.41) is 10.9. The molecular weight excluding hydrogens is 306 g/mol. The van der Waals surface area contributed by atoms with Crippen molar-refractivity contribution in [3.05, 3.63) is 18.4 Å². The minimum absolute atomic E-state index is 0.0800. The molecule has 2 aromatic rings. The Morgan fingerprint density at radius 3 is 3.09 bits per heavy atom. The Morgan fingerprint density at radius 1 is 1.59 bits per heavy atom. The van der Waals surface area contributed by atoms with Crippen LogP contribution in [0.2, 0.25) is 0 Å². The van der Waals surface area contributed by atoms with E-state index in [4.69, 9.17) is 15.0 Å². The second-order valence-electron chi connectivity index (χ2n) is 4.55. The van der Waals surface area contributed by atoms with Gasteiger partial charge in [-0.05, 0) is 25.5 Å². The van der Waals surface area contributed by atoms with Gasteiger partial charge in [-0.1, -0.05) is 11.8 Å². The van der Waals surface area contributed by atoms with E-state index in [1.807, 2.05) is 0 Å². The number of amides is 1. The van der Waals surface area contributed by atoms with E-state index in [-0.39, 0.29) is 11.2 Å². The summed E-state index contributed by atoms with van der Waals surface area (Å²) in [6.07, 6.45) is 2.31. The molecule has 2 rings (SSSR count). The van der Waals surface area contributed by atoms with Crippen LogP contribution in [0, 0.1) is 0 Å². The molecule has 22 heavy (non-hydrogen) atoms. The number of nitrogen functional groups attached to an aromatic ring is 1. The van der Waals surface area contributed by atoms with Crippen molar-refractivity contribution >= 4 is 17.7 Å². The van der Waals surface area contributed by atoms with Crippen molar-refractivity contribution in [3.63, 3.8) is 0 Å². The number of nitrogens with one attached hydrogen (secondary N) is 1. The van der Waals surface area contributed by atoms with Crippen molar-refractivity contribution in [3.8, 4) is 11.6 Å². The third kappa shape index (κ3) is 4.01. The highest BCUT2D eigenvalue weighted by Gasteiger charge is 2.20. The van der Waals surface area contributed by atoms with Gasteiger partial charge in [-0.25, -0.2) is 4.68 Å². The maximum absolute atomic E-state index is 12.0. The quantitative estimate of drug-likeness (QED) is 0.421. The number of carbonyl (C=O) groups excluding carboxylic acids is 1. The normalized spacial score (nSPS) is 12.3. The van der Waals surface area contributed by atoms with Crippen molar-refractivity contribution in [2.24, 2.45) is 0 Å². The highest BCUT2D eigenvalue weighted by atomic mass is 32.2. The summed E-state index contributed by atoms with van der Waals surface area (Å²) in [7, 11) is 1.63. The van der Waals surface area contributed by atoms with Crippen molar-refractivity contribution in [1.82, 2.24) is 20.2 Å². The van der Waals surface area contributed by atoms with E-state index in [2.05, 4.69) is 15.5 Å². The Labute approximate surface area is 132 Å². The van der Waals surface area contributed by atoms with Crippen LogP contribution in [0.1, 0.15) is 13.3 Å².